The third kappa shape index (κ3) is 2.51. The summed E-state index contributed by atoms with van der Waals surface area (Å²) in [5.74, 6) is -2.26. The molecule has 4 aliphatic heterocycles. The van der Waals surface area contributed by atoms with E-state index in [1.54, 1.807) is 0 Å². The molecule has 0 unspecified atom stereocenters. The van der Waals surface area contributed by atoms with Gasteiger partial charge in [-0.15, -0.1) is 0 Å². The molecule has 4 atom stereocenters. The number of non-ortho nitro benzene ring substituents is 1. The lowest BCUT2D eigenvalue weighted by atomic mass is 9.60. The molecule has 0 aliphatic carbocycles. The zero-order valence-electron chi connectivity index (χ0n) is 20.6. The van der Waals surface area contributed by atoms with E-state index in [0.717, 1.165) is 12.0 Å². The van der Waals surface area contributed by atoms with Gasteiger partial charge in [0, 0.05) is 40.7 Å². The number of nitrogens with zero attached hydrogens (tertiary/aromatic N) is 2. The Morgan fingerprint density at radius 2 is 1.76 bits per heavy atom. The number of amides is 2. The maximum atomic E-state index is 14.8. The largest absolute Gasteiger partial charge is 0.325 e. The summed E-state index contributed by atoms with van der Waals surface area (Å²) in [7, 11) is 0. The molecule has 9 heteroatoms. The lowest BCUT2D eigenvalue weighted by Gasteiger charge is -2.38. The minimum atomic E-state index is -1.45. The highest BCUT2D eigenvalue weighted by Gasteiger charge is 2.78. The van der Waals surface area contributed by atoms with Gasteiger partial charge in [0.05, 0.1) is 10.8 Å². The SMILES string of the molecule is Cc1cccc2c1NC(=O)[C@@]21[C@@H](C(=O)c2cccc([N+](=O)[O-])c2)[C@]2(C(=O)Nc3ccccc32)[C@H]2CCCN21. The Labute approximate surface area is 218 Å². The zero-order valence-corrected chi connectivity index (χ0v) is 20.6. The summed E-state index contributed by atoms with van der Waals surface area (Å²) in [5.41, 5.74) is 0.600. The van der Waals surface area contributed by atoms with Gasteiger partial charge in [-0.1, -0.05) is 48.5 Å². The maximum absolute atomic E-state index is 14.8. The van der Waals surface area contributed by atoms with Gasteiger partial charge in [-0.05, 0) is 43.5 Å². The van der Waals surface area contributed by atoms with Gasteiger partial charge in [-0.3, -0.25) is 29.4 Å². The van der Waals surface area contributed by atoms with E-state index in [1.165, 1.54) is 24.3 Å². The van der Waals surface area contributed by atoms with Crippen molar-refractivity contribution in [3.63, 3.8) is 0 Å². The van der Waals surface area contributed by atoms with Crippen molar-refractivity contribution in [2.75, 3.05) is 17.2 Å². The van der Waals surface area contributed by atoms with E-state index < -0.39 is 33.6 Å². The normalized spacial score (nSPS) is 28.8. The van der Waals surface area contributed by atoms with Crippen LogP contribution < -0.4 is 10.6 Å². The van der Waals surface area contributed by atoms with Gasteiger partial charge < -0.3 is 10.6 Å². The van der Waals surface area contributed by atoms with Crippen LogP contribution in [0.2, 0.25) is 0 Å². The van der Waals surface area contributed by atoms with E-state index in [-0.39, 0.29) is 23.1 Å². The molecule has 2 N–H and O–H groups in total. The first-order chi connectivity index (χ1) is 18.3. The molecule has 9 nitrogen and oxygen atoms in total. The molecule has 38 heavy (non-hydrogen) atoms. The number of nitro groups is 1. The van der Waals surface area contributed by atoms with Gasteiger partial charge in [0.15, 0.2) is 5.78 Å². The van der Waals surface area contributed by atoms with E-state index in [0.29, 0.717) is 35.5 Å². The Morgan fingerprint density at radius 1 is 1.00 bits per heavy atom. The Kier molecular flexibility index (Phi) is 4.55. The van der Waals surface area contributed by atoms with Gasteiger partial charge in [0.1, 0.15) is 11.0 Å². The summed E-state index contributed by atoms with van der Waals surface area (Å²) < 4.78 is 0. The van der Waals surface area contributed by atoms with Crippen molar-refractivity contribution in [1.82, 2.24) is 4.90 Å². The summed E-state index contributed by atoms with van der Waals surface area (Å²) in [6.45, 7) is 2.45. The predicted octanol–water partition coefficient (Wildman–Crippen LogP) is 3.92. The molecule has 2 fully saturated rings. The minimum Gasteiger partial charge on any atom is -0.325 e. The van der Waals surface area contributed by atoms with Crippen LogP contribution in [-0.4, -0.2) is 40.0 Å². The first-order valence-corrected chi connectivity index (χ1v) is 12.7. The number of carbonyl (C=O) groups is 3. The molecule has 0 bridgehead atoms. The van der Waals surface area contributed by atoms with Gasteiger partial charge in [-0.25, -0.2) is 0 Å². The second kappa shape index (κ2) is 7.58. The van der Waals surface area contributed by atoms with Crippen molar-refractivity contribution < 1.29 is 19.3 Å². The molecule has 0 aromatic heterocycles. The molecule has 4 heterocycles. The number of anilines is 2. The quantitative estimate of drug-likeness (QED) is 0.314. The smallest absolute Gasteiger partial charge is 0.270 e. The number of aryl methyl sites for hydroxylation is 1. The highest BCUT2D eigenvalue weighted by molar-refractivity contribution is 6.19. The fourth-order valence-electron chi connectivity index (χ4n) is 7.66. The van der Waals surface area contributed by atoms with E-state index in [1.807, 2.05) is 49.4 Å². The van der Waals surface area contributed by atoms with Crippen LogP contribution in [-0.2, 0) is 20.5 Å². The number of hydrogen-bond donors (Lipinski definition) is 2. The van der Waals surface area contributed by atoms with E-state index in [2.05, 4.69) is 15.5 Å². The highest BCUT2D eigenvalue weighted by atomic mass is 16.6. The molecular weight excluding hydrogens is 484 g/mol. The first-order valence-electron chi connectivity index (χ1n) is 12.7. The van der Waals surface area contributed by atoms with E-state index >= 15 is 0 Å². The van der Waals surface area contributed by atoms with Crippen LogP contribution in [0, 0.1) is 23.0 Å². The predicted molar refractivity (Wildman–Crippen MR) is 139 cm³/mol. The molecular formula is C29H24N4O5. The van der Waals surface area contributed by atoms with Crippen LogP contribution >= 0.6 is 0 Å². The van der Waals surface area contributed by atoms with Crippen LogP contribution in [0.1, 0.15) is 39.9 Å². The number of nitrogens with one attached hydrogen (secondary N) is 2. The number of carbonyl (C=O) groups excluding carboxylic acids is 3. The monoisotopic (exact) mass is 508 g/mol. The topological polar surface area (TPSA) is 122 Å². The Morgan fingerprint density at radius 3 is 2.58 bits per heavy atom. The fourth-order valence-corrected chi connectivity index (χ4v) is 7.66. The number of benzene rings is 3. The number of para-hydroxylation sites is 2. The van der Waals surface area contributed by atoms with Crippen molar-refractivity contribution in [3.05, 3.63) is 99.1 Å². The Bertz CT molecular complexity index is 1600. The van der Waals surface area contributed by atoms with Crippen LogP contribution in [0.4, 0.5) is 17.1 Å². The lowest BCUT2D eigenvalue weighted by Crippen LogP contribution is -2.55. The molecule has 3 aromatic rings. The third-order valence-electron chi connectivity index (χ3n) is 8.97. The summed E-state index contributed by atoms with van der Waals surface area (Å²) in [6, 6.07) is 18.1. The number of nitro benzene ring substituents is 1. The Balaban J connectivity index is 1.58. The summed E-state index contributed by atoms with van der Waals surface area (Å²) in [4.78, 5) is 56.4. The van der Waals surface area contributed by atoms with Crippen molar-refractivity contribution >= 4 is 34.7 Å². The molecule has 2 saturated heterocycles. The first kappa shape index (κ1) is 22.8. The standard InChI is InChI=1S/C29H24N4O5/c1-16-7-4-11-20-23(16)31-27(36)29(20)25(24(34)17-8-5-9-18(15-17)33(37)38)28(22-13-6-14-32(22)29)19-10-2-3-12-21(19)30-26(28)35/h2-5,7-12,15,22,25H,6,13-14H2,1H3,(H,30,35)(H,31,36)/t22-,25+,28-,29+/m1/s1. The number of fused-ring (bicyclic) bond motifs is 7. The van der Waals surface area contributed by atoms with Crippen LogP contribution in [0.5, 0.6) is 0 Å². The minimum absolute atomic E-state index is 0.107. The molecule has 4 aliphatic rings. The molecule has 190 valence electrons. The average molecular weight is 509 g/mol. The highest BCUT2D eigenvalue weighted by Crippen LogP contribution is 2.66. The number of ketones is 1. The molecule has 2 spiro atoms. The second-order valence-electron chi connectivity index (χ2n) is 10.5. The molecule has 2 amide bonds. The molecule has 0 radical (unpaired) electrons. The Hall–Kier alpha value is -4.37. The van der Waals surface area contributed by atoms with Crippen LogP contribution in [0.15, 0.2) is 66.7 Å². The van der Waals surface area contributed by atoms with Gasteiger partial charge >= 0.3 is 0 Å². The molecule has 0 saturated carbocycles. The van der Waals surface area contributed by atoms with Crippen LogP contribution in [0.25, 0.3) is 0 Å². The van der Waals surface area contributed by atoms with Gasteiger partial charge in [0.2, 0.25) is 11.8 Å². The average Bonchev–Trinajstić information content (AvgIpc) is 3.63. The number of rotatable bonds is 3. The molecule has 3 aromatic carbocycles. The van der Waals surface area contributed by atoms with Crippen molar-refractivity contribution in [2.24, 2.45) is 5.92 Å². The molecule has 7 rings (SSSR count). The maximum Gasteiger partial charge on any atom is 0.270 e. The van der Waals surface area contributed by atoms with E-state index in [4.69, 9.17) is 0 Å². The number of Topliss-reactive ketones (excluding diaryl/α,β-unsaturated/α-hetero) is 1. The van der Waals surface area contributed by atoms with Crippen molar-refractivity contribution in [3.8, 4) is 0 Å². The number of hydrogen-bond acceptors (Lipinski definition) is 6. The van der Waals surface area contributed by atoms with Gasteiger partial charge in [0.25, 0.3) is 5.69 Å². The fraction of sp³-hybridized carbons (Fsp3) is 0.276. The summed E-state index contributed by atoms with van der Waals surface area (Å²) in [6.07, 6.45) is 1.41. The summed E-state index contributed by atoms with van der Waals surface area (Å²) >= 11 is 0. The second-order valence-corrected chi connectivity index (χ2v) is 10.5. The van der Waals surface area contributed by atoms with Crippen molar-refractivity contribution in [2.45, 2.75) is 36.8 Å². The van der Waals surface area contributed by atoms with Crippen molar-refractivity contribution in [1.29, 1.82) is 0 Å². The summed E-state index contributed by atoms with van der Waals surface area (Å²) in [5, 5.41) is 17.6. The lowest BCUT2D eigenvalue weighted by molar-refractivity contribution is -0.384. The van der Waals surface area contributed by atoms with Gasteiger partial charge in [-0.2, -0.15) is 0 Å². The third-order valence-corrected chi connectivity index (χ3v) is 8.97. The zero-order chi connectivity index (χ0) is 26.4. The van der Waals surface area contributed by atoms with E-state index in [9.17, 15) is 24.5 Å². The van der Waals surface area contributed by atoms with Crippen LogP contribution in [0.3, 0.4) is 0 Å².